The summed E-state index contributed by atoms with van der Waals surface area (Å²) in [6.07, 6.45) is 1.80. The van der Waals surface area contributed by atoms with Crippen LogP contribution in [0.25, 0.3) is 49.5 Å². The van der Waals surface area contributed by atoms with Crippen LogP contribution in [-0.4, -0.2) is 14.5 Å². The average Bonchev–Trinajstić information content (AvgIpc) is 3.57. The number of hydrogen-bond donors (Lipinski definition) is 0. The summed E-state index contributed by atoms with van der Waals surface area (Å²) in [6, 6.07) is 32.5. The summed E-state index contributed by atoms with van der Waals surface area (Å²) in [5.74, 6) is 2.52. The van der Waals surface area contributed by atoms with Crippen LogP contribution in [0.3, 0.4) is 0 Å². The smallest absolute Gasteiger partial charge is 0.503 e. The Hall–Kier alpha value is -3.73. The molecular weight excluding hydrogens is 637 g/mol. The molecule has 0 atom stereocenters. The van der Waals surface area contributed by atoms with Gasteiger partial charge in [0.05, 0.1) is 0 Å². The minimum Gasteiger partial charge on any atom is -0.503 e. The summed E-state index contributed by atoms with van der Waals surface area (Å²) in [7, 11) is 0. The van der Waals surface area contributed by atoms with Gasteiger partial charge in [0.2, 0.25) is 0 Å². The van der Waals surface area contributed by atoms with Gasteiger partial charge in [0.25, 0.3) is 0 Å². The number of thiophene rings is 1. The summed E-state index contributed by atoms with van der Waals surface area (Å²) in [6.45, 7) is 0. The fourth-order valence-electron chi connectivity index (χ4n) is 4.19. The van der Waals surface area contributed by atoms with Gasteiger partial charge in [0.1, 0.15) is 17.2 Å². The van der Waals surface area contributed by atoms with E-state index in [1.165, 1.54) is 11.3 Å². The molecule has 0 saturated carbocycles. The number of oxazole rings is 1. The van der Waals surface area contributed by atoms with Gasteiger partial charge < -0.3 is 13.7 Å². The summed E-state index contributed by atoms with van der Waals surface area (Å²) in [4.78, 5) is 9.92. The number of nitrogens with zero attached hydrogens (tertiary/aromatic N) is 3. The van der Waals surface area contributed by atoms with Crippen molar-refractivity contribution in [1.82, 2.24) is 14.5 Å². The predicted molar refractivity (Wildman–Crippen MR) is 134 cm³/mol. The first kappa shape index (κ1) is 21.8. The number of aromatic nitrogens is 3. The third-order valence-corrected chi connectivity index (χ3v) is 6.45. The second-order valence-corrected chi connectivity index (χ2v) is 8.65. The number of fused-ring (bicyclic) bond motifs is 4. The number of pyridine rings is 1. The van der Waals surface area contributed by atoms with Crippen molar-refractivity contribution in [3.05, 3.63) is 103 Å². The molecule has 7 rings (SSSR count). The number of hydrogen-bond acceptors (Lipinski definition) is 5. The first-order valence-corrected chi connectivity index (χ1v) is 11.6. The molecule has 0 saturated heterocycles. The number of rotatable bonds is 4. The Kier molecular flexibility index (Phi) is 5.48. The molecule has 0 bridgehead atoms. The van der Waals surface area contributed by atoms with E-state index in [-0.39, 0.29) is 21.1 Å². The predicted octanol–water partition coefficient (Wildman–Crippen LogP) is 7.44. The zero-order valence-electron chi connectivity index (χ0n) is 18.0. The molecular formula is C28H15N3O2PtS. The molecule has 0 radical (unpaired) electrons. The fourth-order valence-corrected chi connectivity index (χ4v) is 4.87. The van der Waals surface area contributed by atoms with Crippen molar-refractivity contribution >= 4 is 43.6 Å². The normalized spacial score (nSPS) is 11.2. The topological polar surface area (TPSA) is 53.1 Å². The van der Waals surface area contributed by atoms with E-state index in [1.54, 1.807) is 6.20 Å². The van der Waals surface area contributed by atoms with Crippen molar-refractivity contribution in [3.8, 4) is 28.8 Å². The molecule has 0 aliphatic carbocycles. The molecule has 4 aromatic heterocycles. The second kappa shape index (κ2) is 8.80. The maximum Gasteiger partial charge on any atom is 2.00 e. The molecule has 4 heterocycles. The Morgan fingerprint density at radius 2 is 1.71 bits per heavy atom. The zero-order valence-corrected chi connectivity index (χ0v) is 21.1. The molecule has 0 aliphatic rings. The SMILES string of the molecule is [Pt+2].[c-]1c(Oc2[c-]c3c(cc2)c2ccccc2n3-c2ccccn2)cccc1-c1nc2ccsc2o1. The fraction of sp³-hybridized carbons (Fsp3) is 0. The van der Waals surface area contributed by atoms with E-state index in [9.17, 15) is 0 Å². The van der Waals surface area contributed by atoms with E-state index in [4.69, 9.17) is 9.15 Å². The van der Waals surface area contributed by atoms with Crippen LogP contribution >= 0.6 is 11.3 Å². The Bertz CT molecular complexity index is 1770. The third-order valence-electron chi connectivity index (χ3n) is 5.68. The Morgan fingerprint density at radius 3 is 2.60 bits per heavy atom. The van der Waals surface area contributed by atoms with Gasteiger partial charge in [0, 0.05) is 23.2 Å². The Morgan fingerprint density at radius 1 is 0.829 bits per heavy atom. The molecule has 0 aliphatic heterocycles. The molecule has 0 unspecified atom stereocenters. The quantitative estimate of drug-likeness (QED) is 0.186. The number of benzene rings is 3. The van der Waals surface area contributed by atoms with Crippen LogP contribution in [0, 0.1) is 12.1 Å². The van der Waals surface area contributed by atoms with E-state index in [2.05, 4.69) is 44.9 Å². The molecule has 0 N–H and O–H groups in total. The summed E-state index contributed by atoms with van der Waals surface area (Å²) < 4.78 is 14.1. The third kappa shape index (κ3) is 3.75. The van der Waals surface area contributed by atoms with Crippen molar-refractivity contribution in [2.75, 3.05) is 0 Å². The van der Waals surface area contributed by atoms with Gasteiger partial charge in [-0.05, 0) is 35.0 Å². The first-order valence-electron chi connectivity index (χ1n) is 10.7. The maximum absolute atomic E-state index is 6.18. The van der Waals surface area contributed by atoms with Crippen LogP contribution in [0.4, 0.5) is 0 Å². The van der Waals surface area contributed by atoms with Gasteiger partial charge in [-0.2, -0.15) is 6.07 Å². The van der Waals surface area contributed by atoms with Gasteiger partial charge in [-0.25, -0.2) is 4.98 Å². The monoisotopic (exact) mass is 652 g/mol. The van der Waals surface area contributed by atoms with Crippen molar-refractivity contribution < 1.29 is 30.2 Å². The first-order chi connectivity index (χ1) is 16.8. The van der Waals surface area contributed by atoms with E-state index in [0.717, 1.165) is 43.6 Å². The maximum atomic E-state index is 6.18. The molecule has 0 amide bonds. The van der Waals surface area contributed by atoms with Crippen LogP contribution in [0.15, 0.2) is 94.9 Å². The van der Waals surface area contributed by atoms with Gasteiger partial charge in [0.15, 0.2) is 4.90 Å². The van der Waals surface area contributed by atoms with Crippen LogP contribution in [-0.2, 0) is 21.1 Å². The molecule has 7 aromatic rings. The van der Waals surface area contributed by atoms with E-state index < -0.39 is 0 Å². The summed E-state index contributed by atoms with van der Waals surface area (Å²) >= 11 is 1.53. The van der Waals surface area contributed by atoms with Crippen molar-refractivity contribution in [2.45, 2.75) is 0 Å². The Labute approximate surface area is 218 Å². The van der Waals surface area contributed by atoms with Crippen molar-refractivity contribution in [3.63, 3.8) is 0 Å². The molecule has 5 nitrogen and oxygen atoms in total. The van der Waals surface area contributed by atoms with Gasteiger partial charge >= 0.3 is 21.1 Å². The van der Waals surface area contributed by atoms with Gasteiger partial charge in [-0.15, -0.1) is 47.1 Å². The summed E-state index contributed by atoms with van der Waals surface area (Å²) in [5.41, 5.74) is 3.56. The molecule has 7 heteroatoms. The number of para-hydroxylation sites is 1. The van der Waals surface area contributed by atoms with Gasteiger partial charge in [-0.1, -0.05) is 41.4 Å². The molecule has 3 aromatic carbocycles. The standard InChI is InChI=1S/C28H15N3O2S.Pt/c1-2-9-24-21(8-1)22-12-11-20(17-25(22)31(24)26-10-3-4-14-29-26)32-19-7-5-6-18(16-19)27-30-23-13-15-34-28(23)33-27;/h1-15H;/q-2;+2. The largest absolute Gasteiger partial charge is 2.00 e. The average molecular weight is 653 g/mol. The van der Waals surface area contributed by atoms with Crippen LogP contribution in [0.1, 0.15) is 0 Å². The molecule has 0 fully saturated rings. The summed E-state index contributed by atoms with van der Waals surface area (Å²) in [5, 5.41) is 4.19. The van der Waals surface area contributed by atoms with Crippen molar-refractivity contribution in [2.24, 2.45) is 0 Å². The number of ether oxygens (including phenoxy) is 1. The second-order valence-electron chi connectivity index (χ2n) is 7.77. The zero-order chi connectivity index (χ0) is 22.5. The van der Waals surface area contributed by atoms with E-state index >= 15 is 0 Å². The molecule has 0 spiro atoms. The Balaban J connectivity index is 0.00000229. The minimum absolute atomic E-state index is 0. The van der Waals surface area contributed by atoms with Crippen LogP contribution in [0.5, 0.6) is 11.5 Å². The van der Waals surface area contributed by atoms with Gasteiger partial charge in [-0.3, -0.25) is 4.98 Å². The van der Waals surface area contributed by atoms with E-state index in [0.29, 0.717) is 17.4 Å². The van der Waals surface area contributed by atoms with Crippen LogP contribution in [0.2, 0.25) is 0 Å². The van der Waals surface area contributed by atoms with E-state index in [1.807, 2.05) is 66.0 Å². The minimum atomic E-state index is 0. The molecule has 170 valence electrons. The molecule has 35 heavy (non-hydrogen) atoms. The van der Waals surface area contributed by atoms with Crippen LogP contribution < -0.4 is 4.74 Å². The van der Waals surface area contributed by atoms with Crippen molar-refractivity contribution in [1.29, 1.82) is 0 Å².